The number of hydrogen-bond acceptors (Lipinski definition) is 4. The Morgan fingerprint density at radius 2 is 2.14 bits per heavy atom. The quantitative estimate of drug-likeness (QED) is 0.863. The lowest BCUT2D eigenvalue weighted by molar-refractivity contribution is -0.116. The maximum Gasteiger partial charge on any atom is 0.224 e. The standard InChI is InChI=1S/C15H10ClN3O2/c16-13-5-9(8-17)6-15(19-13)21-11-2-3-12-10(7-11)1-4-14(20)18-12/h2-3,5-7H,1,4H2,(H,18,20). The Morgan fingerprint density at radius 3 is 2.95 bits per heavy atom. The SMILES string of the molecule is N#Cc1cc(Cl)nc(Oc2ccc3c(c2)CCC(=O)N3)c1. The van der Waals surface area contributed by atoms with E-state index in [9.17, 15) is 4.79 Å². The van der Waals surface area contributed by atoms with Crippen molar-refractivity contribution < 1.29 is 9.53 Å². The van der Waals surface area contributed by atoms with Crippen LogP contribution in [0.1, 0.15) is 17.5 Å². The number of carbonyl (C=O) groups excluding carboxylic acids is 1. The topological polar surface area (TPSA) is 75.0 Å². The van der Waals surface area contributed by atoms with Gasteiger partial charge in [-0.25, -0.2) is 4.98 Å². The summed E-state index contributed by atoms with van der Waals surface area (Å²) in [6.07, 6.45) is 1.13. The molecule has 3 rings (SSSR count). The third-order valence-corrected chi connectivity index (χ3v) is 3.29. The van der Waals surface area contributed by atoms with Crippen molar-refractivity contribution in [2.24, 2.45) is 0 Å². The number of pyridine rings is 1. The number of amides is 1. The van der Waals surface area contributed by atoms with Crippen molar-refractivity contribution in [2.75, 3.05) is 5.32 Å². The van der Waals surface area contributed by atoms with Gasteiger partial charge in [0.2, 0.25) is 11.8 Å². The number of ether oxygens (including phenoxy) is 1. The van der Waals surface area contributed by atoms with Crippen LogP contribution >= 0.6 is 11.6 Å². The van der Waals surface area contributed by atoms with Crippen molar-refractivity contribution in [1.82, 2.24) is 4.98 Å². The predicted octanol–water partition coefficient (Wildman–Crippen LogP) is 3.28. The molecular weight excluding hydrogens is 290 g/mol. The van der Waals surface area contributed by atoms with Gasteiger partial charge < -0.3 is 10.1 Å². The van der Waals surface area contributed by atoms with Crippen molar-refractivity contribution in [3.63, 3.8) is 0 Å². The molecule has 1 aromatic carbocycles. The normalized spacial score (nSPS) is 13.0. The summed E-state index contributed by atoms with van der Waals surface area (Å²) in [4.78, 5) is 15.3. The first kappa shape index (κ1) is 13.4. The van der Waals surface area contributed by atoms with E-state index in [2.05, 4.69) is 10.3 Å². The number of nitriles is 1. The van der Waals surface area contributed by atoms with Gasteiger partial charge in [0.15, 0.2) is 0 Å². The van der Waals surface area contributed by atoms with E-state index in [1.165, 1.54) is 12.1 Å². The highest BCUT2D eigenvalue weighted by Crippen LogP contribution is 2.29. The van der Waals surface area contributed by atoms with Gasteiger partial charge in [-0.1, -0.05) is 11.6 Å². The molecule has 0 radical (unpaired) electrons. The van der Waals surface area contributed by atoms with Crippen LogP contribution in [0.3, 0.4) is 0 Å². The highest BCUT2D eigenvalue weighted by atomic mass is 35.5. The smallest absolute Gasteiger partial charge is 0.224 e. The second kappa shape index (κ2) is 5.43. The van der Waals surface area contributed by atoms with Crippen molar-refractivity contribution >= 4 is 23.2 Å². The van der Waals surface area contributed by atoms with Crippen molar-refractivity contribution in [1.29, 1.82) is 5.26 Å². The van der Waals surface area contributed by atoms with E-state index < -0.39 is 0 Å². The summed E-state index contributed by atoms with van der Waals surface area (Å²) in [5.41, 5.74) is 2.19. The van der Waals surface area contributed by atoms with E-state index in [0.717, 1.165) is 11.3 Å². The molecule has 104 valence electrons. The molecule has 1 amide bonds. The van der Waals surface area contributed by atoms with E-state index in [1.807, 2.05) is 12.1 Å². The molecule has 1 aliphatic rings. The van der Waals surface area contributed by atoms with E-state index in [4.69, 9.17) is 21.6 Å². The van der Waals surface area contributed by atoms with Crippen LogP contribution in [0.2, 0.25) is 5.15 Å². The molecule has 5 nitrogen and oxygen atoms in total. The number of carbonyl (C=O) groups is 1. The molecule has 21 heavy (non-hydrogen) atoms. The number of aromatic nitrogens is 1. The Labute approximate surface area is 126 Å². The highest BCUT2D eigenvalue weighted by molar-refractivity contribution is 6.29. The number of benzene rings is 1. The Morgan fingerprint density at radius 1 is 1.29 bits per heavy atom. The van der Waals surface area contributed by atoms with Gasteiger partial charge in [0.05, 0.1) is 11.6 Å². The van der Waals surface area contributed by atoms with E-state index in [1.54, 1.807) is 12.1 Å². The first-order chi connectivity index (χ1) is 10.1. The summed E-state index contributed by atoms with van der Waals surface area (Å²) in [5.74, 6) is 0.869. The molecule has 2 heterocycles. The minimum Gasteiger partial charge on any atom is -0.439 e. The summed E-state index contributed by atoms with van der Waals surface area (Å²) in [6.45, 7) is 0. The number of hydrogen-bond donors (Lipinski definition) is 1. The van der Waals surface area contributed by atoms with Crippen LogP contribution in [0.5, 0.6) is 11.6 Å². The highest BCUT2D eigenvalue weighted by Gasteiger charge is 2.15. The lowest BCUT2D eigenvalue weighted by atomic mass is 10.0. The number of halogens is 1. The number of anilines is 1. The monoisotopic (exact) mass is 299 g/mol. The maximum absolute atomic E-state index is 11.3. The van der Waals surface area contributed by atoms with Crippen LogP contribution in [0.15, 0.2) is 30.3 Å². The summed E-state index contributed by atoms with van der Waals surface area (Å²) in [5, 5.41) is 11.9. The molecule has 0 bridgehead atoms. The minimum atomic E-state index is 0.0198. The molecule has 0 fully saturated rings. The number of fused-ring (bicyclic) bond motifs is 1. The fourth-order valence-corrected chi connectivity index (χ4v) is 2.33. The van der Waals surface area contributed by atoms with Crippen molar-refractivity contribution in [3.05, 3.63) is 46.6 Å². The molecule has 0 saturated carbocycles. The van der Waals surface area contributed by atoms with Crippen LogP contribution in [0.25, 0.3) is 0 Å². The lowest BCUT2D eigenvalue weighted by Gasteiger charge is -2.17. The molecule has 1 N–H and O–H groups in total. The maximum atomic E-state index is 11.3. The summed E-state index contributed by atoms with van der Waals surface area (Å²) < 4.78 is 5.64. The Hall–Kier alpha value is -2.58. The Kier molecular flexibility index (Phi) is 3.46. The number of rotatable bonds is 2. The number of nitrogens with zero attached hydrogens (tertiary/aromatic N) is 2. The van der Waals surface area contributed by atoms with Gasteiger partial charge >= 0.3 is 0 Å². The summed E-state index contributed by atoms with van der Waals surface area (Å²) >= 11 is 5.84. The molecule has 2 aromatic rings. The van der Waals surface area contributed by atoms with Gasteiger partial charge in [-0.05, 0) is 36.2 Å². The number of nitrogens with one attached hydrogen (secondary N) is 1. The molecule has 0 unspecified atom stereocenters. The molecular formula is C15H10ClN3O2. The van der Waals surface area contributed by atoms with E-state index in [0.29, 0.717) is 24.2 Å². The molecule has 0 saturated heterocycles. The first-order valence-corrected chi connectivity index (χ1v) is 6.70. The zero-order valence-corrected chi connectivity index (χ0v) is 11.6. The van der Waals surface area contributed by atoms with Gasteiger partial charge in [0.25, 0.3) is 0 Å². The molecule has 0 spiro atoms. The predicted molar refractivity (Wildman–Crippen MR) is 77.4 cm³/mol. The third kappa shape index (κ3) is 2.96. The van der Waals surface area contributed by atoms with Crippen LogP contribution in [-0.2, 0) is 11.2 Å². The Bertz CT molecular complexity index is 768. The largest absolute Gasteiger partial charge is 0.439 e. The second-order valence-corrected chi connectivity index (χ2v) is 4.99. The van der Waals surface area contributed by atoms with E-state index >= 15 is 0 Å². The second-order valence-electron chi connectivity index (χ2n) is 4.60. The molecule has 6 heteroatoms. The third-order valence-electron chi connectivity index (χ3n) is 3.09. The molecule has 1 aliphatic heterocycles. The van der Waals surface area contributed by atoms with Crippen LogP contribution in [0, 0.1) is 11.3 Å². The first-order valence-electron chi connectivity index (χ1n) is 6.32. The summed E-state index contributed by atoms with van der Waals surface area (Å²) in [6, 6.07) is 10.4. The van der Waals surface area contributed by atoms with Crippen molar-refractivity contribution in [3.8, 4) is 17.7 Å². The minimum absolute atomic E-state index is 0.0198. The molecule has 0 aliphatic carbocycles. The number of aryl methyl sites for hydroxylation is 1. The van der Waals surface area contributed by atoms with Gasteiger partial charge in [-0.2, -0.15) is 5.26 Å². The van der Waals surface area contributed by atoms with Gasteiger partial charge in [-0.15, -0.1) is 0 Å². The average molecular weight is 300 g/mol. The van der Waals surface area contributed by atoms with Crippen molar-refractivity contribution in [2.45, 2.75) is 12.8 Å². The van der Waals surface area contributed by atoms with Gasteiger partial charge in [-0.3, -0.25) is 4.79 Å². The average Bonchev–Trinajstić information content (AvgIpc) is 2.47. The zero-order chi connectivity index (χ0) is 14.8. The molecule has 1 aromatic heterocycles. The molecule has 0 atom stereocenters. The summed E-state index contributed by atoms with van der Waals surface area (Å²) in [7, 11) is 0. The van der Waals surface area contributed by atoms with Crippen LogP contribution in [0.4, 0.5) is 5.69 Å². The van der Waals surface area contributed by atoms with Gasteiger partial charge in [0.1, 0.15) is 10.9 Å². The fourth-order valence-electron chi connectivity index (χ4n) is 2.13. The fraction of sp³-hybridized carbons (Fsp3) is 0.133. The van der Waals surface area contributed by atoms with Gasteiger partial charge in [0, 0.05) is 18.2 Å². The van der Waals surface area contributed by atoms with Crippen LogP contribution in [-0.4, -0.2) is 10.9 Å². The van der Waals surface area contributed by atoms with E-state index in [-0.39, 0.29) is 16.9 Å². The zero-order valence-electron chi connectivity index (χ0n) is 10.9. The Balaban J connectivity index is 1.87. The lowest BCUT2D eigenvalue weighted by Crippen LogP contribution is -2.18. The van der Waals surface area contributed by atoms with Crippen LogP contribution < -0.4 is 10.1 Å².